The molecule has 0 unspecified atom stereocenters. The molecule has 0 fully saturated rings. The summed E-state index contributed by atoms with van der Waals surface area (Å²) in [4.78, 5) is 12.6. The van der Waals surface area contributed by atoms with Crippen LogP contribution in [0.3, 0.4) is 0 Å². The number of nitrogens with one attached hydrogen (secondary N) is 1. The van der Waals surface area contributed by atoms with Crippen molar-refractivity contribution in [1.82, 2.24) is 5.32 Å². The summed E-state index contributed by atoms with van der Waals surface area (Å²) in [5.74, 6) is 0.284. The first-order valence-corrected chi connectivity index (χ1v) is 10.6. The number of rotatable bonds is 8. The zero-order valence-electron chi connectivity index (χ0n) is 16.1. The third kappa shape index (κ3) is 5.23. The summed E-state index contributed by atoms with van der Waals surface area (Å²) in [6.07, 6.45) is 1.78. The molecular weight excluding hydrogens is 364 g/mol. The minimum atomic E-state index is -3.61. The largest absolute Gasteiger partial charge is 0.496 e. The van der Waals surface area contributed by atoms with Crippen LogP contribution in [0.4, 0.5) is 5.69 Å². The Labute approximate surface area is 161 Å². The van der Waals surface area contributed by atoms with E-state index < -0.39 is 10.0 Å². The lowest BCUT2D eigenvalue weighted by Crippen LogP contribution is -2.41. The smallest absolute Gasteiger partial charge is 0.241 e. The first-order valence-electron chi connectivity index (χ1n) is 8.75. The number of nitrogens with zero attached hydrogens (tertiary/aromatic N) is 1. The molecule has 0 aliphatic carbocycles. The van der Waals surface area contributed by atoms with E-state index in [9.17, 15) is 13.2 Å². The topological polar surface area (TPSA) is 75.7 Å². The summed E-state index contributed by atoms with van der Waals surface area (Å²) in [6, 6.07) is 14.3. The first-order chi connectivity index (χ1) is 12.8. The Morgan fingerprint density at radius 3 is 2.41 bits per heavy atom. The van der Waals surface area contributed by atoms with Crippen LogP contribution >= 0.6 is 0 Å². The third-order valence-corrected chi connectivity index (χ3v) is 5.44. The lowest BCUT2D eigenvalue weighted by Gasteiger charge is -2.25. The molecule has 0 aromatic heterocycles. The summed E-state index contributed by atoms with van der Waals surface area (Å²) in [5, 5.41) is 2.86. The number of carbonyl (C=O) groups is 1. The molecule has 27 heavy (non-hydrogen) atoms. The standard InChI is InChI=1S/C20H26N2O4S/c1-5-16-10-6-8-12-18(16)22(27(4,24)25)14-20(23)21-15(2)17-11-7-9-13-19(17)26-3/h6-13,15H,5,14H2,1-4H3,(H,21,23)/t15-/m1/s1. The number of ether oxygens (including phenoxy) is 1. The normalized spacial score (nSPS) is 12.3. The quantitative estimate of drug-likeness (QED) is 0.752. The van der Waals surface area contributed by atoms with Gasteiger partial charge in [0.1, 0.15) is 12.3 Å². The van der Waals surface area contributed by atoms with E-state index in [0.717, 1.165) is 21.7 Å². The van der Waals surface area contributed by atoms with Crippen LogP contribution in [0.2, 0.25) is 0 Å². The number of methoxy groups -OCH3 is 1. The lowest BCUT2D eigenvalue weighted by atomic mass is 10.1. The molecule has 1 amide bonds. The molecule has 0 saturated heterocycles. The SMILES string of the molecule is CCc1ccccc1N(CC(=O)N[C@H](C)c1ccccc1OC)S(C)(=O)=O. The molecule has 2 rings (SSSR count). The monoisotopic (exact) mass is 390 g/mol. The Kier molecular flexibility index (Phi) is 6.85. The molecule has 0 spiro atoms. The molecule has 1 atom stereocenters. The third-order valence-electron chi connectivity index (χ3n) is 4.31. The second-order valence-electron chi connectivity index (χ2n) is 6.28. The van der Waals surface area contributed by atoms with E-state index in [1.54, 1.807) is 19.2 Å². The van der Waals surface area contributed by atoms with Crippen molar-refractivity contribution in [2.24, 2.45) is 0 Å². The van der Waals surface area contributed by atoms with Gasteiger partial charge in [-0.05, 0) is 31.0 Å². The number of sulfonamides is 1. The summed E-state index contributed by atoms with van der Waals surface area (Å²) < 4.78 is 31.1. The average Bonchev–Trinajstić information content (AvgIpc) is 2.65. The van der Waals surface area contributed by atoms with Gasteiger partial charge in [-0.3, -0.25) is 9.10 Å². The molecule has 2 aromatic carbocycles. The van der Waals surface area contributed by atoms with Gasteiger partial charge >= 0.3 is 0 Å². The number of aryl methyl sites for hydroxylation is 1. The zero-order chi connectivity index (χ0) is 20.0. The highest BCUT2D eigenvalue weighted by atomic mass is 32.2. The van der Waals surface area contributed by atoms with E-state index in [-0.39, 0.29) is 18.5 Å². The Balaban J connectivity index is 2.22. The molecule has 7 heteroatoms. The number of benzene rings is 2. The van der Waals surface area contributed by atoms with Crippen molar-refractivity contribution in [1.29, 1.82) is 0 Å². The number of carbonyl (C=O) groups excluding carboxylic acids is 1. The van der Waals surface area contributed by atoms with Gasteiger partial charge in [-0.25, -0.2) is 8.42 Å². The van der Waals surface area contributed by atoms with Crippen molar-refractivity contribution in [3.8, 4) is 5.75 Å². The molecule has 0 radical (unpaired) electrons. The average molecular weight is 391 g/mol. The fraction of sp³-hybridized carbons (Fsp3) is 0.350. The predicted molar refractivity (Wildman–Crippen MR) is 108 cm³/mol. The Bertz CT molecular complexity index is 896. The highest BCUT2D eigenvalue weighted by Crippen LogP contribution is 2.25. The Morgan fingerprint density at radius 1 is 1.15 bits per heavy atom. The molecule has 0 heterocycles. The van der Waals surface area contributed by atoms with Crippen molar-refractivity contribution >= 4 is 21.6 Å². The van der Waals surface area contributed by atoms with Gasteiger partial charge in [-0.1, -0.05) is 43.3 Å². The maximum Gasteiger partial charge on any atom is 0.241 e. The first kappa shape index (κ1) is 20.8. The number of para-hydroxylation sites is 2. The molecule has 0 aliphatic heterocycles. The van der Waals surface area contributed by atoms with E-state index >= 15 is 0 Å². The number of amides is 1. The molecule has 0 bridgehead atoms. The molecule has 2 aromatic rings. The van der Waals surface area contributed by atoms with Gasteiger partial charge in [0, 0.05) is 5.56 Å². The summed E-state index contributed by atoms with van der Waals surface area (Å²) in [6.45, 7) is 3.50. The summed E-state index contributed by atoms with van der Waals surface area (Å²) >= 11 is 0. The molecule has 1 N–H and O–H groups in total. The van der Waals surface area contributed by atoms with Gasteiger partial charge in [-0.15, -0.1) is 0 Å². The molecular formula is C20H26N2O4S. The van der Waals surface area contributed by atoms with Crippen molar-refractivity contribution in [2.45, 2.75) is 26.3 Å². The zero-order valence-corrected chi connectivity index (χ0v) is 16.9. The van der Waals surface area contributed by atoms with Crippen molar-refractivity contribution in [3.05, 3.63) is 59.7 Å². The van der Waals surface area contributed by atoms with Gasteiger partial charge < -0.3 is 10.1 Å². The number of anilines is 1. The van der Waals surface area contributed by atoms with Gasteiger partial charge in [0.15, 0.2) is 0 Å². The molecule has 146 valence electrons. The minimum absolute atomic E-state index is 0.282. The Hall–Kier alpha value is -2.54. The van der Waals surface area contributed by atoms with Gasteiger partial charge in [-0.2, -0.15) is 0 Å². The second-order valence-corrected chi connectivity index (χ2v) is 8.19. The van der Waals surface area contributed by atoms with Crippen LogP contribution in [-0.4, -0.2) is 34.2 Å². The Morgan fingerprint density at radius 2 is 1.78 bits per heavy atom. The summed E-state index contributed by atoms with van der Waals surface area (Å²) in [7, 11) is -2.04. The maximum absolute atomic E-state index is 12.6. The molecule has 6 nitrogen and oxygen atoms in total. The van der Waals surface area contributed by atoms with E-state index in [4.69, 9.17) is 4.74 Å². The van der Waals surface area contributed by atoms with Gasteiger partial charge in [0.2, 0.25) is 15.9 Å². The van der Waals surface area contributed by atoms with E-state index in [0.29, 0.717) is 17.9 Å². The number of hydrogen-bond acceptors (Lipinski definition) is 4. The highest BCUT2D eigenvalue weighted by molar-refractivity contribution is 7.92. The van der Waals surface area contributed by atoms with Gasteiger partial charge in [0.25, 0.3) is 0 Å². The van der Waals surface area contributed by atoms with Crippen LogP contribution in [0.25, 0.3) is 0 Å². The second kappa shape index (κ2) is 8.90. The van der Waals surface area contributed by atoms with Crippen LogP contribution < -0.4 is 14.4 Å². The van der Waals surface area contributed by atoms with Crippen molar-refractivity contribution in [2.75, 3.05) is 24.2 Å². The van der Waals surface area contributed by atoms with Crippen molar-refractivity contribution < 1.29 is 17.9 Å². The number of hydrogen-bond donors (Lipinski definition) is 1. The van der Waals surface area contributed by atoms with E-state index in [1.807, 2.05) is 50.2 Å². The fourth-order valence-electron chi connectivity index (χ4n) is 2.95. The van der Waals surface area contributed by atoms with Gasteiger partial charge in [0.05, 0.1) is 25.1 Å². The highest BCUT2D eigenvalue weighted by Gasteiger charge is 2.24. The van der Waals surface area contributed by atoms with E-state index in [1.165, 1.54) is 0 Å². The van der Waals surface area contributed by atoms with Crippen LogP contribution in [0.1, 0.15) is 31.0 Å². The van der Waals surface area contributed by atoms with Crippen LogP contribution in [0.5, 0.6) is 5.75 Å². The van der Waals surface area contributed by atoms with E-state index in [2.05, 4.69) is 5.32 Å². The van der Waals surface area contributed by atoms with Crippen LogP contribution in [0, 0.1) is 0 Å². The lowest BCUT2D eigenvalue weighted by molar-refractivity contribution is -0.120. The molecule has 0 aliphatic rings. The fourth-order valence-corrected chi connectivity index (χ4v) is 3.84. The maximum atomic E-state index is 12.6. The predicted octanol–water partition coefficient (Wildman–Crippen LogP) is 2.90. The summed E-state index contributed by atoms with van der Waals surface area (Å²) in [5.41, 5.74) is 2.23. The van der Waals surface area contributed by atoms with Crippen molar-refractivity contribution in [3.63, 3.8) is 0 Å². The minimum Gasteiger partial charge on any atom is -0.496 e. The van der Waals surface area contributed by atoms with Crippen LogP contribution in [-0.2, 0) is 21.2 Å². The van der Waals surface area contributed by atoms with Crippen LogP contribution in [0.15, 0.2) is 48.5 Å². The molecule has 0 saturated carbocycles.